The molecule has 90 valence electrons. The smallest absolute Gasteiger partial charge is 0.241 e. The Morgan fingerprint density at radius 3 is 2.76 bits per heavy atom. The molecule has 0 saturated heterocycles. The van der Waals surface area contributed by atoms with Crippen molar-refractivity contribution in [2.24, 2.45) is 5.73 Å². The lowest BCUT2D eigenvalue weighted by molar-refractivity contribution is -0.129. The summed E-state index contributed by atoms with van der Waals surface area (Å²) in [6.07, 6.45) is 1.94. The van der Waals surface area contributed by atoms with Crippen molar-refractivity contribution in [2.75, 3.05) is 14.1 Å². The molecule has 0 unspecified atom stereocenters. The van der Waals surface area contributed by atoms with E-state index in [0.717, 1.165) is 16.5 Å². The van der Waals surface area contributed by atoms with Crippen molar-refractivity contribution in [3.63, 3.8) is 0 Å². The molecule has 0 spiro atoms. The maximum atomic E-state index is 11.7. The van der Waals surface area contributed by atoms with Gasteiger partial charge in [-0.3, -0.25) is 4.79 Å². The van der Waals surface area contributed by atoms with Crippen molar-refractivity contribution >= 4 is 16.8 Å². The van der Waals surface area contributed by atoms with Gasteiger partial charge in [0.2, 0.25) is 5.91 Å². The molecule has 0 fully saturated rings. The Morgan fingerprint density at radius 1 is 1.35 bits per heavy atom. The Labute approximate surface area is 101 Å². The van der Waals surface area contributed by atoms with Gasteiger partial charge < -0.3 is 15.2 Å². The van der Waals surface area contributed by atoms with Gasteiger partial charge in [-0.2, -0.15) is 0 Å². The van der Waals surface area contributed by atoms with Gasteiger partial charge in [-0.05, 0) is 23.1 Å². The zero-order valence-corrected chi connectivity index (χ0v) is 10.2. The molecule has 1 aromatic heterocycles. The summed E-state index contributed by atoms with van der Waals surface area (Å²) in [6, 6.07) is 8.10. The SMILES string of the molecule is CN(C)C(=O)Cn1ccc2ccc(CN)cc21. The van der Waals surface area contributed by atoms with Crippen LogP contribution in [0.2, 0.25) is 0 Å². The highest BCUT2D eigenvalue weighted by Crippen LogP contribution is 2.17. The Bertz CT molecular complexity index is 543. The van der Waals surface area contributed by atoms with Gasteiger partial charge in [0.1, 0.15) is 6.54 Å². The first kappa shape index (κ1) is 11.7. The number of carbonyl (C=O) groups excluding carboxylic acids is 1. The molecule has 2 N–H and O–H groups in total. The minimum atomic E-state index is 0.0839. The summed E-state index contributed by atoms with van der Waals surface area (Å²) in [4.78, 5) is 13.3. The van der Waals surface area contributed by atoms with E-state index in [1.807, 2.05) is 35.0 Å². The average molecular weight is 231 g/mol. The fourth-order valence-electron chi connectivity index (χ4n) is 1.78. The normalized spacial score (nSPS) is 10.8. The number of hydrogen-bond donors (Lipinski definition) is 1. The van der Waals surface area contributed by atoms with Gasteiger partial charge in [-0.15, -0.1) is 0 Å². The van der Waals surface area contributed by atoms with Crippen LogP contribution in [0, 0.1) is 0 Å². The Hall–Kier alpha value is -1.81. The van der Waals surface area contributed by atoms with E-state index in [-0.39, 0.29) is 5.91 Å². The lowest BCUT2D eigenvalue weighted by atomic mass is 10.1. The molecule has 1 heterocycles. The summed E-state index contributed by atoms with van der Waals surface area (Å²) in [5.41, 5.74) is 7.76. The van der Waals surface area contributed by atoms with Crippen molar-refractivity contribution in [2.45, 2.75) is 13.1 Å². The van der Waals surface area contributed by atoms with E-state index in [4.69, 9.17) is 5.73 Å². The molecule has 0 bridgehead atoms. The molecular weight excluding hydrogens is 214 g/mol. The first-order valence-electron chi connectivity index (χ1n) is 5.60. The molecule has 0 aliphatic carbocycles. The monoisotopic (exact) mass is 231 g/mol. The summed E-state index contributed by atoms with van der Waals surface area (Å²) in [7, 11) is 3.53. The first-order valence-corrected chi connectivity index (χ1v) is 5.60. The number of nitrogens with zero attached hydrogens (tertiary/aromatic N) is 2. The minimum Gasteiger partial charge on any atom is -0.347 e. The number of amides is 1. The Kier molecular flexibility index (Phi) is 3.15. The molecule has 17 heavy (non-hydrogen) atoms. The number of likely N-dealkylation sites (N-methyl/N-ethyl adjacent to an activating group) is 1. The van der Waals surface area contributed by atoms with E-state index in [1.165, 1.54) is 0 Å². The van der Waals surface area contributed by atoms with Gasteiger partial charge in [-0.1, -0.05) is 12.1 Å². The van der Waals surface area contributed by atoms with Crippen LogP contribution in [0.3, 0.4) is 0 Å². The quantitative estimate of drug-likeness (QED) is 0.862. The van der Waals surface area contributed by atoms with E-state index in [0.29, 0.717) is 13.1 Å². The van der Waals surface area contributed by atoms with Gasteiger partial charge in [0.05, 0.1) is 0 Å². The fourth-order valence-corrected chi connectivity index (χ4v) is 1.78. The molecule has 2 aromatic rings. The van der Waals surface area contributed by atoms with Gasteiger partial charge in [0.25, 0.3) is 0 Å². The fraction of sp³-hybridized carbons (Fsp3) is 0.308. The van der Waals surface area contributed by atoms with E-state index in [2.05, 4.69) is 0 Å². The third-order valence-electron chi connectivity index (χ3n) is 2.88. The standard InChI is InChI=1S/C13H17N3O/c1-15(2)13(17)9-16-6-5-11-4-3-10(8-14)7-12(11)16/h3-7H,8-9,14H2,1-2H3. The summed E-state index contributed by atoms with van der Waals surface area (Å²) < 4.78 is 1.96. The third-order valence-corrected chi connectivity index (χ3v) is 2.88. The zero-order chi connectivity index (χ0) is 12.4. The van der Waals surface area contributed by atoms with E-state index in [1.54, 1.807) is 19.0 Å². The van der Waals surface area contributed by atoms with Crippen molar-refractivity contribution in [3.8, 4) is 0 Å². The Morgan fingerprint density at radius 2 is 2.12 bits per heavy atom. The number of benzene rings is 1. The predicted octanol–water partition coefficient (Wildman–Crippen LogP) is 1.19. The topological polar surface area (TPSA) is 51.3 Å². The van der Waals surface area contributed by atoms with Crippen LogP contribution in [0.5, 0.6) is 0 Å². The molecular formula is C13H17N3O. The summed E-state index contributed by atoms with van der Waals surface area (Å²) in [5, 5.41) is 1.13. The second kappa shape index (κ2) is 4.59. The number of fused-ring (bicyclic) bond motifs is 1. The molecule has 1 aromatic carbocycles. The molecule has 2 rings (SSSR count). The largest absolute Gasteiger partial charge is 0.347 e. The van der Waals surface area contributed by atoms with Crippen molar-refractivity contribution in [1.29, 1.82) is 0 Å². The Balaban J connectivity index is 2.37. The van der Waals surface area contributed by atoms with Crippen molar-refractivity contribution < 1.29 is 4.79 Å². The van der Waals surface area contributed by atoms with Crippen LogP contribution in [0.15, 0.2) is 30.5 Å². The molecule has 0 aliphatic heterocycles. The highest BCUT2D eigenvalue weighted by Gasteiger charge is 2.08. The van der Waals surface area contributed by atoms with Crippen LogP contribution >= 0.6 is 0 Å². The zero-order valence-electron chi connectivity index (χ0n) is 10.2. The van der Waals surface area contributed by atoms with E-state index in [9.17, 15) is 4.79 Å². The van der Waals surface area contributed by atoms with Crippen molar-refractivity contribution in [3.05, 3.63) is 36.0 Å². The van der Waals surface area contributed by atoms with Crippen LogP contribution in [0.4, 0.5) is 0 Å². The lowest BCUT2D eigenvalue weighted by Gasteiger charge is -2.11. The molecule has 4 heteroatoms. The third kappa shape index (κ3) is 2.31. The van der Waals surface area contributed by atoms with E-state index < -0.39 is 0 Å². The maximum absolute atomic E-state index is 11.7. The van der Waals surface area contributed by atoms with Crippen LogP contribution in [-0.4, -0.2) is 29.5 Å². The molecule has 0 saturated carbocycles. The van der Waals surface area contributed by atoms with Crippen molar-refractivity contribution in [1.82, 2.24) is 9.47 Å². The molecule has 4 nitrogen and oxygen atoms in total. The summed E-state index contributed by atoms with van der Waals surface area (Å²) in [6.45, 7) is 0.882. The number of rotatable bonds is 3. The molecule has 1 amide bonds. The number of aromatic nitrogens is 1. The van der Waals surface area contributed by atoms with Gasteiger partial charge in [0, 0.05) is 32.4 Å². The molecule has 0 aliphatic rings. The first-order chi connectivity index (χ1) is 8.11. The maximum Gasteiger partial charge on any atom is 0.241 e. The average Bonchev–Trinajstić information content (AvgIpc) is 2.71. The summed E-state index contributed by atoms with van der Waals surface area (Å²) in [5.74, 6) is 0.0839. The minimum absolute atomic E-state index is 0.0839. The van der Waals surface area contributed by atoms with Gasteiger partial charge in [-0.25, -0.2) is 0 Å². The van der Waals surface area contributed by atoms with Crippen LogP contribution < -0.4 is 5.73 Å². The second-order valence-electron chi connectivity index (χ2n) is 4.33. The highest BCUT2D eigenvalue weighted by atomic mass is 16.2. The van der Waals surface area contributed by atoms with E-state index >= 15 is 0 Å². The second-order valence-corrected chi connectivity index (χ2v) is 4.33. The molecule has 0 radical (unpaired) electrons. The van der Waals surface area contributed by atoms with Crippen LogP contribution in [0.1, 0.15) is 5.56 Å². The van der Waals surface area contributed by atoms with Gasteiger partial charge in [0.15, 0.2) is 0 Å². The number of hydrogen-bond acceptors (Lipinski definition) is 2. The highest BCUT2D eigenvalue weighted by molar-refractivity contribution is 5.83. The lowest BCUT2D eigenvalue weighted by Crippen LogP contribution is -2.25. The van der Waals surface area contributed by atoms with Gasteiger partial charge >= 0.3 is 0 Å². The molecule has 0 atom stereocenters. The number of nitrogens with two attached hydrogens (primary N) is 1. The number of carbonyl (C=O) groups is 1. The van der Waals surface area contributed by atoms with Crippen LogP contribution in [0.25, 0.3) is 10.9 Å². The summed E-state index contributed by atoms with van der Waals surface area (Å²) >= 11 is 0. The predicted molar refractivity (Wildman–Crippen MR) is 68.5 cm³/mol. The van der Waals surface area contributed by atoms with Crippen LogP contribution in [-0.2, 0) is 17.9 Å².